The zero-order valence-electron chi connectivity index (χ0n) is 13.1. The van der Waals surface area contributed by atoms with Gasteiger partial charge in [-0.2, -0.15) is 0 Å². The number of anilines is 1. The average molecular weight is 320 g/mol. The van der Waals surface area contributed by atoms with Gasteiger partial charge in [0.15, 0.2) is 5.82 Å². The first-order valence-electron chi connectivity index (χ1n) is 7.20. The minimum absolute atomic E-state index is 0.0138. The van der Waals surface area contributed by atoms with Gasteiger partial charge in [0.05, 0.1) is 12.8 Å². The molecule has 3 N–H and O–H groups in total. The maximum atomic E-state index is 13.9. The molecule has 2 aromatic rings. The van der Waals surface area contributed by atoms with Crippen LogP contribution in [0.3, 0.4) is 0 Å². The van der Waals surface area contributed by atoms with Gasteiger partial charge in [-0.05, 0) is 12.1 Å². The predicted molar refractivity (Wildman–Crippen MR) is 87.6 cm³/mol. The van der Waals surface area contributed by atoms with Crippen molar-refractivity contribution in [1.82, 2.24) is 4.98 Å². The van der Waals surface area contributed by atoms with Crippen molar-refractivity contribution < 1.29 is 18.5 Å². The number of rotatable bonds is 6. The molecule has 0 radical (unpaired) electrons. The standard InChI is InChI=1S/C16H19BF2N2O2/c1-16(2,8-22)9-23-17-11-3-10(4-13(20)5-11)15-14(19)6-12(18)7-21-15/h3-7,17,22H,8-9,20H2,1-2H3. The Labute approximate surface area is 134 Å². The van der Waals surface area contributed by atoms with Gasteiger partial charge in [0.1, 0.15) is 11.5 Å². The number of aromatic nitrogens is 1. The summed E-state index contributed by atoms with van der Waals surface area (Å²) in [5.74, 6) is -1.48. The third-order valence-electron chi connectivity index (χ3n) is 3.29. The highest BCUT2D eigenvalue weighted by Crippen LogP contribution is 2.22. The van der Waals surface area contributed by atoms with Gasteiger partial charge in [0.2, 0.25) is 0 Å². The molecule has 0 amide bonds. The predicted octanol–water partition coefficient (Wildman–Crippen LogP) is 1.62. The molecule has 0 spiro atoms. The summed E-state index contributed by atoms with van der Waals surface area (Å²) in [6.07, 6.45) is 0.960. The van der Waals surface area contributed by atoms with E-state index in [9.17, 15) is 13.9 Å². The Bertz CT molecular complexity index is 696. The van der Waals surface area contributed by atoms with Crippen molar-refractivity contribution in [2.75, 3.05) is 18.9 Å². The van der Waals surface area contributed by atoms with E-state index in [0.29, 0.717) is 17.9 Å². The summed E-state index contributed by atoms with van der Waals surface area (Å²) in [5.41, 5.74) is 7.19. The van der Waals surface area contributed by atoms with Crippen LogP contribution in [-0.4, -0.2) is 30.8 Å². The molecule has 23 heavy (non-hydrogen) atoms. The Balaban J connectivity index is 2.19. The topological polar surface area (TPSA) is 68.4 Å². The van der Waals surface area contributed by atoms with Crippen LogP contribution in [0.15, 0.2) is 30.5 Å². The van der Waals surface area contributed by atoms with Crippen LogP contribution in [0.2, 0.25) is 0 Å². The zero-order valence-corrected chi connectivity index (χ0v) is 13.1. The minimum atomic E-state index is -0.746. The van der Waals surface area contributed by atoms with Crippen molar-refractivity contribution in [3.63, 3.8) is 0 Å². The molecule has 1 aromatic heterocycles. The number of nitrogen functional groups attached to an aromatic ring is 1. The Morgan fingerprint density at radius 3 is 2.65 bits per heavy atom. The molecule has 0 saturated carbocycles. The van der Waals surface area contributed by atoms with Crippen LogP contribution in [0.4, 0.5) is 14.5 Å². The number of pyridine rings is 1. The lowest BCUT2D eigenvalue weighted by atomic mass is 9.85. The Morgan fingerprint density at radius 2 is 2.00 bits per heavy atom. The first-order valence-corrected chi connectivity index (χ1v) is 7.20. The molecule has 0 aliphatic heterocycles. The Kier molecular flexibility index (Phi) is 5.33. The van der Waals surface area contributed by atoms with Crippen LogP contribution in [0, 0.1) is 17.0 Å². The van der Waals surface area contributed by atoms with Crippen molar-refractivity contribution in [1.29, 1.82) is 0 Å². The molecular weight excluding hydrogens is 301 g/mol. The van der Waals surface area contributed by atoms with Gasteiger partial charge >= 0.3 is 7.48 Å². The molecule has 0 unspecified atom stereocenters. The van der Waals surface area contributed by atoms with Gasteiger partial charge in [-0.3, -0.25) is 4.98 Å². The lowest BCUT2D eigenvalue weighted by Crippen LogP contribution is -2.28. The SMILES string of the molecule is CC(C)(CO)COBc1cc(N)cc(-c2ncc(F)cc2F)c1. The van der Waals surface area contributed by atoms with Gasteiger partial charge in [0, 0.05) is 29.3 Å². The molecule has 0 atom stereocenters. The smallest absolute Gasteiger partial charge is 0.308 e. The number of aliphatic hydroxyl groups is 1. The quantitative estimate of drug-likeness (QED) is 0.627. The monoisotopic (exact) mass is 320 g/mol. The molecule has 0 aliphatic carbocycles. The van der Waals surface area contributed by atoms with Gasteiger partial charge < -0.3 is 15.5 Å². The zero-order chi connectivity index (χ0) is 17.0. The molecule has 4 nitrogen and oxygen atoms in total. The third kappa shape index (κ3) is 4.74. The number of halogens is 2. The van der Waals surface area contributed by atoms with Crippen molar-refractivity contribution in [3.05, 3.63) is 42.1 Å². The van der Waals surface area contributed by atoms with E-state index < -0.39 is 11.6 Å². The molecular formula is C16H19BF2N2O2. The molecule has 1 heterocycles. The van der Waals surface area contributed by atoms with Crippen LogP contribution < -0.4 is 11.2 Å². The van der Waals surface area contributed by atoms with Gasteiger partial charge in [-0.25, -0.2) is 8.78 Å². The van der Waals surface area contributed by atoms with Crippen molar-refractivity contribution >= 4 is 18.6 Å². The minimum Gasteiger partial charge on any atom is -0.434 e. The normalized spacial score (nSPS) is 11.5. The molecule has 0 saturated heterocycles. The number of hydrogen-bond donors (Lipinski definition) is 2. The molecule has 0 fully saturated rings. The fraction of sp³-hybridized carbons (Fsp3) is 0.312. The second kappa shape index (κ2) is 7.06. The average Bonchev–Trinajstić information content (AvgIpc) is 2.46. The first kappa shape index (κ1) is 17.4. The van der Waals surface area contributed by atoms with Crippen LogP contribution >= 0.6 is 0 Å². The summed E-state index contributed by atoms with van der Waals surface area (Å²) in [6.45, 7) is 4.15. The van der Waals surface area contributed by atoms with Gasteiger partial charge in [0.25, 0.3) is 0 Å². The molecule has 2 rings (SSSR count). The summed E-state index contributed by atoms with van der Waals surface area (Å²) >= 11 is 0. The third-order valence-corrected chi connectivity index (χ3v) is 3.29. The molecule has 122 valence electrons. The number of hydrogen-bond acceptors (Lipinski definition) is 4. The van der Waals surface area contributed by atoms with Crippen molar-refractivity contribution in [2.24, 2.45) is 5.41 Å². The Hall–Kier alpha value is -1.99. The van der Waals surface area contributed by atoms with Crippen LogP contribution in [0.5, 0.6) is 0 Å². The number of nitrogens with two attached hydrogens (primary N) is 1. The van der Waals surface area contributed by atoms with E-state index in [-0.39, 0.29) is 25.2 Å². The molecule has 0 bridgehead atoms. The number of nitrogens with zero attached hydrogens (tertiary/aromatic N) is 1. The second-order valence-electron chi connectivity index (χ2n) is 6.26. The summed E-state index contributed by atoms with van der Waals surface area (Å²) in [4.78, 5) is 3.78. The largest absolute Gasteiger partial charge is 0.434 e. The molecule has 7 heteroatoms. The van der Waals surface area contributed by atoms with Crippen molar-refractivity contribution in [3.8, 4) is 11.3 Å². The number of aliphatic hydroxyl groups excluding tert-OH is 1. The fourth-order valence-corrected chi connectivity index (χ4v) is 2.06. The highest BCUT2D eigenvalue weighted by Gasteiger charge is 2.17. The summed E-state index contributed by atoms with van der Waals surface area (Å²) in [7, 11) is 0.268. The maximum Gasteiger partial charge on any atom is 0.308 e. The van der Waals surface area contributed by atoms with Crippen LogP contribution in [-0.2, 0) is 4.65 Å². The lowest BCUT2D eigenvalue weighted by molar-refractivity contribution is 0.101. The second-order valence-corrected chi connectivity index (χ2v) is 6.26. The highest BCUT2D eigenvalue weighted by atomic mass is 19.1. The van der Waals surface area contributed by atoms with Gasteiger partial charge in [-0.15, -0.1) is 0 Å². The first-order chi connectivity index (χ1) is 10.8. The van der Waals surface area contributed by atoms with E-state index in [1.165, 1.54) is 0 Å². The van der Waals surface area contributed by atoms with Crippen LogP contribution in [0.1, 0.15) is 13.8 Å². The van der Waals surface area contributed by atoms with E-state index in [1.54, 1.807) is 18.2 Å². The molecule has 0 aliphatic rings. The van der Waals surface area contributed by atoms with Gasteiger partial charge in [-0.1, -0.05) is 25.4 Å². The molecule has 1 aromatic carbocycles. The maximum absolute atomic E-state index is 13.9. The summed E-state index contributed by atoms with van der Waals surface area (Å²) < 4.78 is 32.4. The summed E-state index contributed by atoms with van der Waals surface area (Å²) in [6, 6.07) is 5.78. The van der Waals surface area contributed by atoms with E-state index in [0.717, 1.165) is 17.7 Å². The fourth-order valence-electron chi connectivity index (χ4n) is 2.06. The Morgan fingerprint density at radius 1 is 1.26 bits per heavy atom. The van der Waals surface area contributed by atoms with Crippen LogP contribution in [0.25, 0.3) is 11.3 Å². The lowest BCUT2D eigenvalue weighted by Gasteiger charge is -2.21. The van der Waals surface area contributed by atoms with E-state index in [2.05, 4.69) is 4.98 Å². The van der Waals surface area contributed by atoms with Crippen molar-refractivity contribution in [2.45, 2.75) is 13.8 Å². The highest BCUT2D eigenvalue weighted by molar-refractivity contribution is 6.47. The van der Waals surface area contributed by atoms with E-state index >= 15 is 0 Å². The summed E-state index contributed by atoms with van der Waals surface area (Å²) in [5, 5.41) is 9.20. The number of benzene rings is 1. The van der Waals surface area contributed by atoms with E-state index in [1.807, 2.05) is 13.8 Å². The van der Waals surface area contributed by atoms with E-state index in [4.69, 9.17) is 10.4 Å².